The van der Waals surface area contributed by atoms with E-state index in [2.05, 4.69) is 16.9 Å². The lowest BCUT2D eigenvalue weighted by molar-refractivity contribution is -0.148. The summed E-state index contributed by atoms with van der Waals surface area (Å²) in [4.78, 5) is 31.9. The number of hydrogen-bond acceptors (Lipinski definition) is 6. The number of rotatable bonds is 14. The molecule has 0 aliphatic heterocycles. The SMILES string of the molecule is CCCCCCC/C=C/C(=O)Oc1cnc(-c2ccc(CCC(C)OC(=O)CC)cc2)nc1. The van der Waals surface area contributed by atoms with Crippen molar-refractivity contribution in [3.63, 3.8) is 0 Å². The lowest BCUT2D eigenvalue weighted by Gasteiger charge is -2.12. The summed E-state index contributed by atoms with van der Waals surface area (Å²) in [6.45, 7) is 5.90. The number of hydrogen-bond donors (Lipinski definition) is 0. The van der Waals surface area contributed by atoms with Crippen molar-refractivity contribution in [3.8, 4) is 17.1 Å². The van der Waals surface area contributed by atoms with Gasteiger partial charge in [0.05, 0.1) is 18.5 Å². The Morgan fingerprint density at radius 3 is 2.36 bits per heavy atom. The number of nitrogens with zero attached hydrogens (tertiary/aromatic N) is 2. The van der Waals surface area contributed by atoms with Gasteiger partial charge in [-0.15, -0.1) is 0 Å². The summed E-state index contributed by atoms with van der Waals surface area (Å²) < 4.78 is 10.6. The molecule has 6 heteroatoms. The molecule has 0 N–H and O–H groups in total. The summed E-state index contributed by atoms with van der Waals surface area (Å²) in [5.74, 6) is 0.304. The first-order valence-corrected chi connectivity index (χ1v) is 12.0. The summed E-state index contributed by atoms with van der Waals surface area (Å²) in [5.41, 5.74) is 2.03. The molecule has 2 rings (SSSR count). The molecule has 6 nitrogen and oxygen atoms in total. The highest BCUT2D eigenvalue weighted by molar-refractivity contribution is 5.83. The number of allylic oxidation sites excluding steroid dienone is 1. The molecule has 1 unspecified atom stereocenters. The zero-order valence-electron chi connectivity index (χ0n) is 20.1. The van der Waals surface area contributed by atoms with Gasteiger partial charge in [-0.2, -0.15) is 0 Å². The van der Waals surface area contributed by atoms with Gasteiger partial charge in [0, 0.05) is 18.1 Å². The summed E-state index contributed by atoms with van der Waals surface area (Å²) in [5, 5.41) is 0. The summed E-state index contributed by atoms with van der Waals surface area (Å²) in [6.07, 6.45) is 15.1. The average molecular weight is 453 g/mol. The van der Waals surface area contributed by atoms with E-state index >= 15 is 0 Å². The van der Waals surface area contributed by atoms with E-state index in [-0.39, 0.29) is 12.1 Å². The summed E-state index contributed by atoms with van der Waals surface area (Å²) in [6, 6.07) is 7.97. The Hall–Kier alpha value is -3.02. The van der Waals surface area contributed by atoms with Crippen LogP contribution in [-0.4, -0.2) is 28.0 Å². The van der Waals surface area contributed by atoms with Crippen LogP contribution in [0.4, 0.5) is 0 Å². The molecular formula is C27H36N2O4. The second kappa shape index (κ2) is 14.9. The van der Waals surface area contributed by atoms with Crippen molar-refractivity contribution in [3.05, 3.63) is 54.4 Å². The van der Waals surface area contributed by atoms with Crippen LogP contribution in [0.15, 0.2) is 48.8 Å². The standard InChI is InChI=1S/C27H36N2O4/c1-4-6-7-8-9-10-11-12-26(31)33-24-19-28-27(29-20-24)23-17-15-22(16-18-23)14-13-21(3)32-25(30)5-2/h11-12,15-21H,4-10,13-14H2,1-3H3/b12-11+. The molecule has 0 saturated heterocycles. The number of ether oxygens (including phenoxy) is 2. The number of carbonyl (C=O) groups is 2. The fourth-order valence-electron chi connectivity index (χ4n) is 3.27. The Kier molecular flexibility index (Phi) is 11.9. The molecule has 0 saturated carbocycles. The molecule has 0 spiro atoms. The van der Waals surface area contributed by atoms with Gasteiger partial charge < -0.3 is 9.47 Å². The largest absolute Gasteiger partial charge is 0.463 e. The van der Waals surface area contributed by atoms with E-state index < -0.39 is 5.97 Å². The molecule has 0 bridgehead atoms. The predicted molar refractivity (Wildman–Crippen MR) is 130 cm³/mol. The van der Waals surface area contributed by atoms with Gasteiger partial charge in [0.15, 0.2) is 11.6 Å². The topological polar surface area (TPSA) is 78.4 Å². The molecule has 0 aliphatic rings. The second-order valence-corrected chi connectivity index (χ2v) is 8.16. The first-order valence-electron chi connectivity index (χ1n) is 12.0. The minimum atomic E-state index is -0.414. The van der Waals surface area contributed by atoms with Crippen LogP contribution in [-0.2, 0) is 20.7 Å². The number of aryl methyl sites for hydroxylation is 1. The van der Waals surface area contributed by atoms with Gasteiger partial charge in [-0.25, -0.2) is 14.8 Å². The fraction of sp³-hybridized carbons (Fsp3) is 0.481. The van der Waals surface area contributed by atoms with E-state index in [1.54, 1.807) is 6.92 Å². The van der Waals surface area contributed by atoms with Gasteiger partial charge in [0.25, 0.3) is 0 Å². The van der Waals surface area contributed by atoms with Gasteiger partial charge >= 0.3 is 11.9 Å². The quantitative estimate of drug-likeness (QED) is 0.192. The van der Waals surface area contributed by atoms with Crippen LogP contribution >= 0.6 is 0 Å². The number of benzene rings is 1. The third-order valence-corrected chi connectivity index (χ3v) is 5.25. The molecule has 1 aromatic heterocycles. The molecule has 1 heterocycles. The van der Waals surface area contributed by atoms with Crippen LogP contribution in [0.25, 0.3) is 11.4 Å². The van der Waals surface area contributed by atoms with Gasteiger partial charge in [-0.3, -0.25) is 4.79 Å². The number of carbonyl (C=O) groups excluding carboxylic acids is 2. The maximum absolute atomic E-state index is 11.9. The number of unbranched alkanes of at least 4 members (excludes halogenated alkanes) is 5. The van der Waals surface area contributed by atoms with E-state index in [4.69, 9.17) is 9.47 Å². The molecule has 1 atom stereocenters. The molecular weight excluding hydrogens is 416 g/mol. The Morgan fingerprint density at radius 1 is 1.00 bits per heavy atom. The van der Waals surface area contributed by atoms with Crippen molar-refractivity contribution >= 4 is 11.9 Å². The van der Waals surface area contributed by atoms with Gasteiger partial charge in [0.1, 0.15) is 0 Å². The van der Waals surface area contributed by atoms with Crippen molar-refractivity contribution in [1.82, 2.24) is 9.97 Å². The Balaban J connectivity index is 1.78. The van der Waals surface area contributed by atoms with E-state index in [0.717, 1.165) is 36.8 Å². The first-order chi connectivity index (χ1) is 16.0. The number of esters is 2. The average Bonchev–Trinajstić information content (AvgIpc) is 2.83. The monoisotopic (exact) mass is 452 g/mol. The van der Waals surface area contributed by atoms with Crippen molar-refractivity contribution in [1.29, 1.82) is 0 Å². The van der Waals surface area contributed by atoms with Crippen LogP contribution < -0.4 is 4.74 Å². The fourth-order valence-corrected chi connectivity index (χ4v) is 3.27. The summed E-state index contributed by atoms with van der Waals surface area (Å²) >= 11 is 0. The molecule has 0 fully saturated rings. The van der Waals surface area contributed by atoms with Gasteiger partial charge in [0.2, 0.25) is 0 Å². The van der Waals surface area contributed by atoms with Crippen molar-refractivity contribution in [2.45, 2.75) is 84.7 Å². The number of aromatic nitrogens is 2. The van der Waals surface area contributed by atoms with E-state index in [1.165, 1.54) is 44.2 Å². The Bertz CT molecular complexity index is 876. The summed E-state index contributed by atoms with van der Waals surface area (Å²) in [7, 11) is 0. The zero-order valence-corrected chi connectivity index (χ0v) is 20.1. The van der Waals surface area contributed by atoms with E-state index in [1.807, 2.05) is 37.3 Å². The molecule has 0 radical (unpaired) electrons. The van der Waals surface area contributed by atoms with Gasteiger partial charge in [-0.1, -0.05) is 69.9 Å². The van der Waals surface area contributed by atoms with Gasteiger partial charge in [-0.05, 0) is 38.2 Å². The Morgan fingerprint density at radius 2 is 1.70 bits per heavy atom. The highest BCUT2D eigenvalue weighted by Gasteiger charge is 2.09. The lowest BCUT2D eigenvalue weighted by Crippen LogP contribution is -2.14. The second-order valence-electron chi connectivity index (χ2n) is 8.16. The van der Waals surface area contributed by atoms with Crippen molar-refractivity contribution < 1.29 is 19.1 Å². The molecule has 0 aliphatic carbocycles. The van der Waals surface area contributed by atoms with Crippen LogP contribution in [0, 0.1) is 0 Å². The minimum absolute atomic E-state index is 0.101. The normalized spacial score (nSPS) is 12.0. The van der Waals surface area contributed by atoms with Crippen LogP contribution in [0.2, 0.25) is 0 Å². The van der Waals surface area contributed by atoms with Crippen molar-refractivity contribution in [2.24, 2.45) is 0 Å². The van der Waals surface area contributed by atoms with Crippen LogP contribution in [0.1, 0.15) is 77.7 Å². The first kappa shape index (κ1) is 26.2. The zero-order chi connectivity index (χ0) is 23.9. The molecule has 178 valence electrons. The Labute approximate surface area is 197 Å². The van der Waals surface area contributed by atoms with Crippen LogP contribution in [0.5, 0.6) is 5.75 Å². The third-order valence-electron chi connectivity index (χ3n) is 5.25. The molecule has 33 heavy (non-hydrogen) atoms. The highest BCUT2D eigenvalue weighted by atomic mass is 16.5. The highest BCUT2D eigenvalue weighted by Crippen LogP contribution is 2.19. The predicted octanol–water partition coefficient (Wildman–Crippen LogP) is 6.24. The van der Waals surface area contributed by atoms with Crippen LogP contribution in [0.3, 0.4) is 0 Å². The molecule has 0 amide bonds. The maximum Gasteiger partial charge on any atom is 0.335 e. The van der Waals surface area contributed by atoms with Crippen molar-refractivity contribution in [2.75, 3.05) is 0 Å². The third kappa shape index (κ3) is 10.4. The lowest BCUT2D eigenvalue weighted by atomic mass is 10.1. The minimum Gasteiger partial charge on any atom is -0.463 e. The maximum atomic E-state index is 11.9. The van der Waals surface area contributed by atoms with E-state index in [9.17, 15) is 9.59 Å². The molecule has 2 aromatic rings. The molecule has 1 aromatic carbocycles. The smallest absolute Gasteiger partial charge is 0.335 e. The van der Waals surface area contributed by atoms with E-state index in [0.29, 0.717) is 18.0 Å².